The molecule has 54 heavy (non-hydrogen) atoms. The number of alkyl halides is 3. The number of likely N-dealkylation sites (N-methyl/N-ethyl adjacent to an activating group) is 1. The Morgan fingerprint density at radius 3 is 2.44 bits per heavy atom. The molecule has 2 N–H and O–H groups in total. The Labute approximate surface area is 309 Å². The Morgan fingerprint density at radius 2 is 1.78 bits per heavy atom. The van der Waals surface area contributed by atoms with Crippen molar-refractivity contribution in [1.29, 1.82) is 0 Å². The second-order valence-corrected chi connectivity index (χ2v) is 13.3. The second kappa shape index (κ2) is 15.5. The van der Waals surface area contributed by atoms with E-state index >= 15 is 0 Å². The molecule has 0 bridgehead atoms. The van der Waals surface area contributed by atoms with E-state index < -0.39 is 41.5 Å². The van der Waals surface area contributed by atoms with Crippen molar-refractivity contribution in [3.05, 3.63) is 107 Å². The molecule has 4 aromatic rings. The first-order valence-electron chi connectivity index (χ1n) is 17.8. The van der Waals surface area contributed by atoms with Gasteiger partial charge in [0.25, 0.3) is 17.7 Å². The number of carbonyl (C=O) groups excluding carboxylic acids is 3. The molecule has 3 aliphatic heterocycles. The number of amides is 3. The number of allylic oxidation sites excluding steroid dienone is 1. The first-order chi connectivity index (χ1) is 26.0. The predicted octanol–water partition coefficient (Wildman–Crippen LogP) is 3.88. The molecule has 2 fully saturated rings. The molecule has 0 saturated carbocycles. The van der Waals surface area contributed by atoms with Crippen LogP contribution in [0.25, 0.3) is 5.69 Å². The van der Waals surface area contributed by atoms with Gasteiger partial charge < -0.3 is 15.4 Å². The van der Waals surface area contributed by atoms with Crippen LogP contribution >= 0.6 is 0 Å². The van der Waals surface area contributed by atoms with E-state index in [1.165, 1.54) is 4.90 Å². The molecule has 5 heterocycles. The summed E-state index contributed by atoms with van der Waals surface area (Å²) >= 11 is 0. The largest absolute Gasteiger partial charge is 0.433 e. The highest BCUT2D eigenvalue weighted by Gasteiger charge is 2.45. The highest BCUT2D eigenvalue weighted by Crippen LogP contribution is 2.42. The number of benzene rings is 2. The normalized spacial score (nSPS) is 20.0. The number of fused-ring (bicyclic) bond motifs is 1. The van der Waals surface area contributed by atoms with Gasteiger partial charge in [-0.25, -0.2) is 14.6 Å². The van der Waals surface area contributed by atoms with Gasteiger partial charge in [-0.1, -0.05) is 36.4 Å². The van der Waals surface area contributed by atoms with Crippen LogP contribution in [-0.4, -0.2) is 112 Å². The van der Waals surface area contributed by atoms with Crippen molar-refractivity contribution < 1.29 is 32.3 Å². The van der Waals surface area contributed by atoms with Crippen molar-refractivity contribution in [2.24, 2.45) is 0 Å². The lowest BCUT2D eigenvalue weighted by Crippen LogP contribution is -2.56. The molecule has 282 valence electrons. The van der Waals surface area contributed by atoms with Crippen LogP contribution in [0.4, 0.5) is 24.7 Å². The molecule has 2 saturated heterocycles. The maximum Gasteiger partial charge on any atom is 0.433 e. The number of anilines is 2. The van der Waals surface area contributed by atoms with Gasteiger partial charge in [0.2, 0.25) is 5.82 Å². The van der Waals surface area contributed by atoms with Crippen LogP contribution in [0.3, 0.4) is 0 Å². The third-order valence-electron chi connectivity index (χ3n) is 10.1. The number of ether oxygens (including phenoxy) is 1. The zero-order chi connectivity index (χ0) is 38.0. The summed E-state index contributed by atoms with van der Waals surface area (Å²) in [4.78, 5) is 54.9. The molecule has 2 atom stereocenters. The Kier molecular flexibility index (Phi) is 10.6. The Bertz CT molecular complexity index is 2040. The van der Waals surface area contributed by atoms with Crippen molar-refractivity contribution in [3.8, 4) is 5.69 Å². The van der Waals surface area contributed by atoms with Crippen LogP contribution in [0.15, 0.2) is 84.7 Å². The molecule has 16 heteroatoms. The fourth-order valence-corrected chi connectivity index (χ4v) is 7.13. The summed E-state index contributed by atoms with van der Waals surface area (Å²) in [6.07, 6.45) is -0.542. The summed E-state index contributed by atoms with van der Waals surface area (Å²) in [5.41, 5.74) is 1.61. The summed E-state index contributed by atoms with van der Waals surface area (Å²) in [6.45, 7) is 9.30. The number of nitrogens with zero attached hydrogens (tertiary/aromatic N) is 7. The van der Waals surface area contributed by atoms with E-state index in [9.17, 15) is 27.6 Å². The molecule has 0 spiro atoms. The number of rotatable bonds is 10. The average molecular weight is 744 g/mol. The topological polar surface area (TPSA) is 138 Å². The first kappa shape index (κ1) is 36.9. The van der Waals surface area contributed by atoms with Gasteiger partial charge in [-0.15, -0.1) is 0 Å². The number of carbonyl (C=O) groups is 3. The molecule has 3 aliphatic rings. The second-order valence-electron chi connectivity index (χ2n) is 13.3. The van der Waals surface area contributed by atoms with Gasteiger partial charge in [0.05, 0.1) is 31.1 Å². The van der Waals surface area contributed by atoms with E-state index in [1.54, 1.807) is 48.1 Å². The Balaban J connectivity index is 1.18. The summed E-state index contributed by atoms with van der Waals surface area (Å²) in [5.74, 6) is -2.95. The number of hydrogen-bond donors (Lipinski definition) is 2. The lowest BCUT2D eigenvalue weighted by atomic mass is 9.82. The van der Waals surface area contributed by atoms with Gasteiger partial charge in [0, 0.05) is 68.2 Å². The zero-order valence-corrected chi connectivity index (χ0v) is 29.8. The molecule has 13 nitrogen and oxygen atoms in total. The minimum Gasteiger partial charge on any atom is -0.378 e. The lowest BCUT2D eigenvalue weighted by Gasteiger charge is -2.42. The SMILES string of the molecule is C/C=C(\CN1CCN(C2COC2)CC1)C(=O)Nc1cccc([C@@H]2c3cnn(-c4ccccc4)c3N(CC)C(=O)[C@H]2NC(=O)c2nccc(C(F)(F)F)n2)c1. The van der Waals surface area contributed by atoms with Crippen LogP contribution in [0.1, 0.15) is 47.2 Å². The first-order valence-corrected chi connectivity index (χ1v) is 17.8. The quantitative estimate of drug-likeness (QED) is 0.232. The van der Waals surface area contributed by atoms with E-state index in [2.05, 4.69) is 35.5 Å². The van der Waals surface area contributed by atoms with Crippen LogP contribution in [0.2, 0.25) is 0 Å². The fourth-order valence-electron chi connectivity index (χ4n) is 7.13. The summed E-state index contributed by atoms with van der Waals surface area (Å²) < 4.78 is 47.4. The number of para-hydroxylation sites is 1. The molecule has 2 aromatic carbocycles. The minimum atomic E-state index is -4.81. The molecule has 0 unspecified atom stereocenters. The average Bonchev–Trinajstić information content (AvgIpc) is 3.58. The van der Waals surface area contributed by atoms with Crippen molar-refractivity contribution in [2.75, 3.05) is 62.7 Å². The van der Waals surface area contributed by atoms with Crippen LogP contribution in [-0.2, 0) is 20.5 Å². The minimum absolute atomic E-state index is 0.204. The fraction of sp³-hybridized carbons (Fsp3) is 0.368. The van der Waals surface area contributed by atoms with Crippen molar-refractivity contribution in [3.63, 3.8) is 0 Å². The van der Waals surface area contributed by atoms with Gasteiger partial charge in [-0.2, -0.15) is 18.3 Å². The lowest BCUT2D eigenvalue weighted by molar-refractivity contribution is -0.141. The van der Waals surface area contributed by atoms with E-state index in [0.717, 1.165) is 45.6 Å². The molecule has 3 amide bonds. The van der Waals surface area contributed by atoms with Crippen molar-refractivity contribution in [2.45, 2.75) is 38.0 Å². The monoisotopic (exact) mass is 743 g/mol. The molecular formula is C38H40F3N9O4. The van der Waals surface area contributed by atoms with E-state index in [0.29, 0.717) is 52.5 Å². The van der Waals surface area contributed by atoms with E-state index in [4.69, 9.17) is 4.74 Å². The summed E-state index contributed by atoms with van der Waals surface area (Å²) in [5, 5.41) is 10.3. The standard InChI is InChI=1S/C38H40F3N9O4/c1-3-24(21-47-15-17-48(18-16-47)28-22-54-23-28)34(51)44-26-10-8-9-25(19-26)31-29-20-43-50(27-11-6-5-7-12-27)36(29)49(4-2)37(53)32(31)46-35(52)33-42-14-13-30(45-33)38(39,40)41/h3,5-14,19-20,28,31-32H,4,15-18,21-23H2,1-2H3,(H,44,51)(H,46,52)/b24-3+/t31-,32+/m1/s1. The van der Waals surface area contributed by atoms with Gasteiger partial charge >= 0.3 is 6.18 Å². The predicted molar refractivity (Wildman–Crippen MR) is 193 cm³/mol. The maximum atomic E-state index is 14.4. The van der Waals surface area contributed by atoms with Crippen molar-refractivity contribution >= 4 is 29.2 Å². The van der Waals surface area contributed by atoms with Gasteiger partial charge in [0.15, 0.2) is 0 Å². The number of piperazine rings is 1. The summed E-state index contributed by atoms with van der Waals surface area (Å²) in [7, 11) is 0. The van der Waals surface area contributed by atoms with Crippen LogP contribution in [0, 0.1) is 0 Å². The molecule has 0 aliphatic carbocycles. The number of halogens is 3. The Hall–Kier alpha value is -5.45. The number of nitrogens with one attached hydrogen (secondary N) is 2. The number of aromatic nitrogens is 4. The molecule has 0 radical (unpaired) electrons. The highest BCUT2D eigenvalue weighted by atomic mass is 19.4. The smallest absolute Gasteiger partial charge is 0.378 e. The zero-order valence-electron chi connectivity index (χ0n) is 29.8. The highest BCUT2D eigenvalue weighted by molar-refractivity contribution is 6.05. The van der Waals surface area contributed by atoms with Gasteiger partial charge in [0.1, 0.15) is 17.6 Å². The third-order valence-corrected chi connectivity index (χ3v) is 10.1. The van der Waals surface area contributed by atoms with Crippen LogP contribution < -0.4 is 15.5 Å². The van der Waals surface area contributed by atoms with Gasteiger partial charge in [-0.05, 0) is 49.7 Å². The summed E-state index contributed by atoms with van der Waals surface area (Å²) in [6, 6.07) is 16.0. The van der Waals surface area contributed by atoms with E-state index in [-0.39, 0.29) is 12.5 Å². The molecule has 7 rings (SSSR count). The van der Waals surface area contributed by atoms with Gasteiger partial charge in [-0.3, -0.25) is 29.1 Å². The maximum absolute atomic E-state index is 14.4. The third kappa shape index (κ3) is 7.49. The van der Waals surface area contributed by atoms with Crippen molar-refractivity contribution in [1.82, 2.24) is 34.9 Å². The van der Waals surface area contributed by atoms with E-state index in [1.807, 2.05) is 37.3 Å². The molecular weight excluding hydrogens is 703 g/mol. The molecule has 2 aromatic heterocycles. The number of hydrogen-bond acceptors (Lipinski definition) is 9. The van der Waals surface area contributed by atoms with Crippen LogP contribution in [0.5, 0.6) is 0 Å². The Morgan fingerprint density at radius 1 is 1.02 bits per heavy atom.